The van der Waals surface area contributed by atoms with Gasteiger partial charge in [-0.2, -0.15) is 5.10 Å². The van der Waals surface area contributed by atoms with Gasteiger partial charge in [0.15, 0.2) is 0 Å². The summed E-state index contributed by atoms with van der Waals surface area (Å²) < 4.78 is 0. The second-order valence-corrected chi connectivity index (χ2v) is 8.40. The van der Waals surface area contributed by atoms with E-state index in [2.05, 4.69) is 36.0 Å². The van der Waals surface area contributed by atoms with Gasteiger partial charge in [-0.15, -0.1) is 0 Å². The first kappa shape index (κ1) is 17.4. The Kier molecular flexibility index (Phi) is 4.01. The molecule has 3 heterocycles. The molecule has 2 saturated heterocycles. The topological polar surface area (TPSA) is 98.5 Å². The number of nitrogens with two attached hydrogens (primary N) is 1. The molecule has 134 valence electrons. The van der Waals surface area contributed by atoms with E-state index in [-0.39, 0.29) is 16.7 Å². The lowest BCUT2D eigenvalue weighted by molar-refractivity contribution is -0.180. The highest BCUT2D eigenvalue weighted by molar-refractivity contribution is 5.84. The molecule has 1 amide bonds. The Morgan fingerprint density at radius 3 is 2.29 bits per heavy atom. The van der Waals surface area contributed by atoms with Gasteiger partial charge in [0.1, 0.15) is 6.04 Å². The molecule has 0 saturated carbocycles. The van der Waals surface area contributed by atoms with Crippen molar-refractivity contribution in [3.63, 3.8) is 0 Å². The third kappa shape index (κ3) is 2.55. The number of piperidine rings is 2. The minimum atomic E-state index is -0.718. The first-order valence-corrected chi connectivity index (χ1v) is 8.50. The number of aromatic amines is 1. The normalized spacial score (nSPS) is 35.1. The molecule has 2 aliphatic rings. The molecule has 7 heteroatoms. The number of likely N-dealkylation sites (tertiary alicyclic amines) is 2. The van der Waals surface area contributed by atoms with Crippen LogP contribution in [0.5, 0.6) is 0 Å². The van der Waals surface area contributed by atoms with Crippen molar-refractivity contribution in [2.45, 2.75) is 39.8 Å². The molecule has 2 fully saturated rings. The van der Waals surface area contributed by atoms with Crippen molar-refractivity contribution in [2.75, 3.05) is 33.2 Å². The molecule has 3 rings (SSSR count). The van der Waals surface area contributed by atoms with E-state index in [1.165, 1.54) is 0 Å². The lowest BCUT2D eigenvalue weighted by Gasteiger charge is -2.59. The Bertz CT molecular complexity index is 618. The van der Waals surface area contributed by atoms with Gasteiger partial charge in [0.2, 0.25) is 5.91 Å². The second-order valence-electron chi connectivity index (χ2n) is 8.40. The van der Waals surface area contributed by atoms with E-state index in [4.69, 9.17) is 5.73 Å². The van der Waals surface area contributed by atoms with Crippen LogP contribution < -0.4 is 5.73 Å². The number of aliphatic hydroxyl groups is 1. The zero-order valence-electron chi connectivity index (χ0n) is 15.3. The number of aryl methyl sites for hydroxylation is 2. The van der Waals surface area contributed by atoms with Crippen molar-refractivity contribution < 1.29 is 9.90 Å². The van der Waals surface area contributed by atoms with Gasteiger partial charge in [-0.05, 0) is 20.9 Å². The molecule has 2 bridgehead atoms. The Hall–Kier alpha value is -1.44. The predicted octanol–water partition coefficient (Wildman–Crippen LogP) is 0.187. The molecular weight excluding hydrogens is 306 g/mol. The summed E-state index contributed by atoms with van der Waals surface area (Å²) in [6.45, 7) is 10.5. The quantitative estimate of drug-likeness (QED) is 0.716. The Balaban J connectivity index is 1.87. The van der Waals surface area contributed by atoms with Crippen molar-refractivity contribution in [2.24, 2.45) is 16.6 Å². The molecule has 1 aromatic rings. The van der Waals surface area contributed by atoms with Crippen molar-refractivity contribution in [3.8, 4) is 0 Å². The molecule has 0 radical (unpaired) electrons. The number of hydrogen-bond donors (Lipinski definition) is 3. The maximum absolute atomic E-state index is 13.1. The third-order valence-corrected chi connectivity index (χ3v) is 5.76. The van der Waals surface area contributed by atoms with Crippen LogP contribution in [0.15, 0.2) is 0 Å². The number of aromatic nitrogens is 2. The fourth-order valence-corrected chi connectivity index (χ4v) is 5.00. The first-order chi connectivity index (χ1) is 11.1. The highest BCUT2D eigenvalue weighted by Crippen LogP contribution is 2.45. The number of aliphatic hydroxyl groups excluding tert-OH is 1. The van der Waals surface area contributed by atoms with E-state index < -0.39 is 12.1 Å². The van der Waals surface area contributed by atoms with Crippen LogP contribution in [0.4, 0.5) is 0 Å². The summed E-state index contributed by atoms with van der Waals surface area (Å²) in [4.78, 5) is 17.2. The Morgan fingerprint density at radius 1 is 1.29 bits per heavy atom. The molecule has 0 spiro atoms. The summed E-state index contributed by atoms with van der Waals surface area (Å²) in [6, 6.07) is -0.718. The fraction of sp³-hybridized carbons (Fsp3) is 0.765. The largest absolute Gasteiger partial charge is 0.392 e. The minimum absolute atomic E-state index is 0.0866. The molecule has 2 aliphatic heterocycles. The van der Waals surface area contributed by atoms with E-state index in [1.807, 2.05) is 18.7 Å². The maximum Gasteiger partial charge on any atom is 0.244 e. The smallest absolute Gasteiger partial charge is 0.244 e. The fourth-order valence-electron chi connectivity index (χ4n) is 5.00. The molecule has 3 atom stereocenters. The maximum atomic E-state index is 13.1. The highest BCUT2D eigenvalue weighted by atomic mass is 16.3. The van der Waals surface area contributed by atoms with Crippen LogP contribution in [-0.4, -0.2) is 70.3 Å². The zero-order chi connectivity index (χ0) is 17.9. The standard InChI is InChI=1S/C17H29N5O2/c1-10-12(11(2)20-19-10)13(18)14(23)22-8-16(3)6-21(5)7-17(4,9-22)15(16)24/h13,15,24H,6-9,18H2,1-5H3,(H,19,20). The Labute approximate surface area is 143 Å². The summed E-state index contributed by atoms with van der Waals surface area (Å²) >= 11 is 0. The van der Waals surface area contributed by atoms with Crippen LogP contribution in [0.3, 0.4) is 0 Å². The average molecular weight is 335 g/mol. The van der Waals surface area contributed by atoms with Crippen LogP contribution in [0, 0.1) is 24.7 Å². The molecule has 7 nitrogen and oxygen atoms in total. The number of hydrogen-bond acceptors (Lipinski definition) is 5. The van der Waals surface area contributed by atoms with Gasteiger partial charge >= 0.3 is 0 Å². The number of carbonyl (C=O) groups is 1. The molecule has 4 N–H and O–H groups in total. The molecular formula is C17H29N5O2. The monoisotopic (exact) mass is 335 g/mol. The van der Waals surface area contributed by atoms with Gasteiger partial charge in [0.05, 0.1) is 11.8 Å². The number of amides is 1. The molecule has 0 aliphatic carbocycles. The third-order valence-electron chi connectivity index (χ3n) is 5.76. The second kappa shape index (κ2) is 5.54. The number of fused-ring (bicyclic) bond motifs is 2. The van der Waals surface area contributed by atoms with Crippen molar-refractivity contribution >= 4 is 5.91 Å². The van der Waals surface area contributed by atoms with E-state index >= 15 is 0 Å². The average Bonchev–Trinajstić information content (AvgIpc) is 2.80. The van der Waals surface area contributed by atoms with E-state index in [0.717, 1.165) is 30.0 Å². The number of H-pyrrole nitrogens is 1. The number of nitrogens with zero attached hydrogens (tertiary/aromatic N) is 3. The van der Waals surface area contributed by atoms with Crippen LogP contribution >= 0.6 is 0 Å². The molecule has 24 heavy (non-hydrogen) atoms. The lowest BCUT2D eigenvalue weighted by atomic mass is 9.63. The van der Waals surface area contributed by atoms with Crippen LogP contribution in [0.1, 0.15) is 36.8 Å². The van der Waals surface area contributed by atoms with Gasteiger partial charge < -0.3 is 20.6 Å². The number of nitrogens with one attached hydrogen (secondary N) is 1. The summed E-state index contributed by atoms with van der Waals surface area (Å²) in [5, 5.41) is 17.9. The van der Waals surface area contributed by atoms with Crippen molar-refractivity contribution in [1.29, 1.82) is 0 Å². The summed E-state index contributed by atoms with van der Waals surface area (Å²) in [7, 11) is 2.07. The van der Waals surface area contributed by atoms with Gasteiger partial charge in [-0.25, -0.2) is 0 Å². The van der Waals surface area contributed by atoms with E-state index in [1.54, 1.807) is 0 Å². The number of carbonyl (C=O) groups excluding carboxylic acids is 1. The van der Waals surface area contributed by atoms with Gasteiger partial charge in [-0.1, -0.05) is 13.8 Å². The zero-order valence-corrected chi connectivity index (χ0v) is 15.3. The molecule has 1 aromatic heterocycles. The summed E-state index contributed by atoms with van der Waals surface area (Å²) in [5.74, 6) is -0.0866. The lowest BCUT2D eigenvalue weighted by Crippen LogP contribution is -2.70. The van der Waals surface area contributed by atoms with Crippen molar-refractivity contribution in [3.05, 3.63) is 17.0 Å². The Morgan fingerprint density at radius 2 is 1.83 bits per heavy atom. The highest BCUT2D eigenvalue weighted by Gasteiger charge is 2.56. The van der Waals surface area contributed by atoms with Crippen molar-refractivity contribution in [1.82, 2.24) is 20.0 Å². The molecule has 0 aromatic carbocycles. The predicted molar refractivity (Wildman–Crippen MR) is 91.3 cm³/mol. The summed E-state index contributed by atoms with van der Waals surface area (Å²) in [6.07, 6.45) is -0.418. The van der Waals surface area contributed by atoms with Crippen LogP contribution in [-0.2, 0) is 4.79 Å². The summed E-state index contributed by atoms with van der Waals surface area (Å²) in [5.41, 5.74) is 8.00. The van der Waals surface area contributed by atoms with Gasteiger partial charge in [0.25, 0.3) is 0 Å². The van der Waals surface area contributed by atoms with Crippen LogP contribution in [0.25, 0.3) is 0 Å². The molecule has 3 unspecified atom stereocenters. The van der Waals surface area contributed by atoms with E-state index in [9.17, 15) is 9.90 Å². The SMILES string of the molecule is Cc1n[nH]c(C)c1C(N)C(=O)N1CC2(C)CN(C)CC(C)(C1)C2O. The van der Waals surface area contributed by atoms with E-state index in [0.29, 0.717) is 13.1 Å². The minimum Gasteiger partial charge on any atom is -0.392 e. The van der Waals surface area contributed by atoms with Gasteiger partial charge in [-0.3, -0.25) is 9.89 Å². The first-order valence-electron chi connectivity index (χ1n) is 8.50. The van der Waals surface area contributed by atoms with Crippen LogP contribution in [0.2, 0.25) is 0 Å². The number of rotatable bonds is 2. The van der Waals surface area contributed by atoms with Gasteiger partial charge in [0, 0.05) is 48.3 Å².